The van der Waals surface area contributed by atoms with Crippen molar-refractivity contribution in [2.75, 3.05) is 9.80 Å². The van der Waals surface area contributed by atoms with Gasteiger partial charge in [-0.15, -0.1) is 0 Å². The Kier molecular flexibility index (Phi) is 7.76. The molecule has 3 aliphatic heterocycles. The Morgan fingerprint density at radius 2 is 1.28 bits per heavy atom. The highest BCUT2D eigenvalue weighted by Crippen LogP contribution is 2.62. The lowest BCUT2D eigenvalue weighted by atomic mass is 9.33. The van der Waals surface area contributed by atoms with E-state index in [0.717, 1.165) is 34.0 Å². The topological polar surface area (TPSA) is 24.6 Å². The highest BCUT2D eigenvalue weighted by atomic mass is 16.3. The monoisotopic (exact) mass is 885 g/mol. The normalized spacial score (nSPS) is 20.7. The number of nitrogens with zero attached hydrogens (tertiary/aromatic N) is 3. The van der Waals surface area contributed by atoms with Crippen LogP contribution in [0, 0.1) is 0 Å². The van der Waals surface area contributed by atoms with E-state index < -0.39 is 0 Å². The van der Waals surface area contributed by atoms with Gasteiger partial charge in [0, 0.05) is 66.8 Å². The lowest BCUT2D eigenvalue weighted by Crippen LogP contribution is -2.61. The second kappa shape index (κ2) is 13.0. The molecule has 5 aliphatic rings. The van der Waals surface area contributed by atoms with Crippen LogP contribution in [0.1, 0.15) is 123 Å². The van der Waals surface area contributed by atoms with Crippen molar-refractivity contribution in [3.8, 4) is 16.8 Å². The molecule has 5 heterocycles. The number of rotatable bonds is 2. The van der Waals surface area contributed by atoms with Crippen LogP contribution >= 0.6 is 0 Å². The Hall–Kier alpha value is -6.46. The van der Waals surface area contributed by atoms with Gasteiger partial charge in [-0.1, -0.05) is 160 Å². The Labute approximate surface area is 401 Å². The van der Waals surface area contributed by atoms with Crippen molar-refractivity contribution < 1.29 is 4.42 Å². The SMILES string of the molecule is CC(C)(C)c1cc2c3c(c1)-n1c4c(c5cccc(c51)B3c1ccc(N3c5ccc(C(C)(C)C)cc5C5(C)CCCCC35C)cc1N2c1cccc2oc3ccccc3c12)-c1ccccc1C4(C)C. The van der Waals surface area contributed by atoms with Gasteiger partial charge in [-0.25, -0.2) is 0 Å². The van der Waals surface area contributed by atoms with E-state index in [0.29, 0.717) is 0 Å². The van der Waals surface area contributed by atoms with E-state index >= 15 is 0 Å². The third-order valence-electron chi connectivity index (χ3n) is 18.0. The van der Waals surface area contributed by atoms with Crippen molar-refractivity contribution >= 4 is 84.4 Å². The van der Waals surface area contributed by atoms with Crippen LogP contribution in [-0.2, 0) is 21.7 Å². The molecule has 4 nitrogen and oxygen atoms in total. The molecule has 0 bridgehead atoms. The molecule has 0 spiro atoms. The van der Waals surface area contributed by atoms with Crippen LogP contribution < -0.4 is 26.2 Å². The molecule has 0 radical (unpaired) electrons. The summed E-state index contributed by atoms with van der Waals surface area (Å²) in [6.45, 7) is 24.3. The van der Waals surface area contributed by atoms with Gasteiger partial charge in [0.2, 0.25) is 0 Å². The summed E-state index contributed by atoms with van der Waals surface area (Å²) in [5, 5.41) is 3.65. The molecule has 68 heavy (non-hydrogen) atoms. The molecular formula is C63H60BN3O. The Morgan fingerprint density at radius 1 is 0.559 bits per heavy atom. The number of hydrogen-bond donors (Lipinski definition) is 0. The first-order valence-electron chi connectivity index (χ1n) is 25.3. The molecule has 2 aromatic heterocycles. The summed E-state index contributed by atoms with van der Waals surface area (Å²) in [5.74, 6) is 0. The van der Waals surface area contributed by atoms with Gasteiger partial charge in [0.15, 0.2) is 0 Å². The molecule has 0 amide bonds. The van der Waals surface area contributed by atoms with Crippen LogP contribution in [0.4, 0.5) is 28.4 Å². The number of benzene rings is 7. The molecule has 0 saturated heterocycles. The zero-order chi connectivity index (χ0) is 46.6. The average Bonchev–Trinajstić information content (AvgIpc) is 4.00. The fourth-order valence-corrected chi connectivity index (χ4v) is 14.3. The van der Waals surface area contributed by atoms with Gasteiger partial charge in [-0.05, 0) is 123 Å². The molecule has 0 N–H and O–H groups in total. The van der Waals surface area contributed by atoms with Crippen LogP contribution in [-0.4, -0.2) is 16.8 Å². The van der Waals surface area contributed by atoms with Gasteiger partial charge in [-0.2, -0.15) is 0 Å². The molecule has 14 rings (SSSR count). The molecule has 5 heteroatoms. The Bertz CT molecular complexity index is 3700. The number of anilines is 5. The largest absolute Gasteiger partial charge is 0.456 e. The second-order valence-electron chi connectivity index (χ2n) is 24.0. The quantitative estimate of drug-likeness (QED) is 0.162. The molecule has 9 aromatic rings. The predicted molar refractivity (Wildman–Crippen MR) is 288 cm³/mol. The van der Waals surface area contributed by atoms with Crippen molar-refractivity contribution in [3.05, 3.63) is 161 Å². The van der Waals surface area contributed by atoms with Crippen LogP contribution in [0.5, 0.6) is 0 Å². The van der Waals surface area contributed by atoms with Crippen molar-refractivity contribution in [2.24, 2.45) is 0 Å². The summed E-state index contributed by atoms with van der Waals surface area (Å²) < 4.78 is 9.43. The number of fused-ring (bicyclic) bond motifs is 15. The average molecular weight is 886 g/mol. The van der Waals surface area contributed by atoms with E-state index in [1.54, 1.807) is 0 Å². The van der Waals surface area contributed by atoms with Crippen molar-refractivity contribution in [1.82, 2.24) is 4.57 Å². The molecule has 336 valence electrons. The van der Waals surface area contributed by atoms with Gasteiger partial charge in [0.05, 0.1) is 16.6 Å². The summed E-state index contributed by atoms with van der Waals surface area (Å²) in [5.41, 5.74) is 24.3. The first-order valence-corrected chi connectivity index (χ1v) is 25.3. The molecule has 2 atom stereocenters. The van der Waals surface area contributed by atoms with Crippen molar-refractivity contribution in [2.45, 2.75) is 122 Å². The standard InChI is InChI=1S/C63H60BN3O/c1-59(2,3)37-27-30-47-44(33-37)62(9)31-15-16-32-63(62,10)67(47)39-28-29-45-49(36-39)65(48-24-18-26-53-55(48)41-20-12-14-25-52(41)68-53)50-34-38(60(4,5)6)35-51-56(50)64(45)46-23-17-21-42-54-40-19-11-13-22-43(40)61(7,8)58(54)66(51)57(42)46/h11-14,17-30,33-36H,15-16,31-32H2,1-10H3. The van der Waals surface area contributed by atoms with Gasteiger partial charge in [0.25, 0.3) is 6.71 Å². The minimum Gasteiger partial charge on any atom is -0.456 e. The maximum atomic E-state index is 6.72. The van der Waals surface area contributed by atoms with E-state index in [1.807, 2.05) is 0 Å². The highest BCUT2D eigenvalue weighted by molar-refractivity contribution is 7.00. The number of aromatic nitrogens is 1. The van der Waals surface area contributed by atoms with Gasteiger partial charge >= 0.3 is 0 Å². The fourth-order valence-electron chi connectivity index (χ4n) is 14.3. The van der Waals surface area contributed by atoms with E-state index in [4.69, 9.17) is 4.42 Å². The zero-order valence-corrected chi connectivity index (χ0v) is 41.4. The van der Waals surface area contributed by atoms with Crippen LogP contribution in [0.3, 0.4) is 0 Å². The first-order chi connectivity index (χ1) is 32.5. The molecule has 7 aromatic carbocycles. The maximum Gasteiger partial charge on any atom is 0.252 e. The minimum atomic E-state index is -0.203. The van der Waals surface area contributed by atoms with E-state index in [2.05, 4.69) is 217 Å². The third kappa shape index (κ3) is 4.93. The minimum absolute atomic E-state index is 0.0130. The maximum absolute atomic E-state index is 6.72. The van der Waals surface area contributed by atoms with Crippen LogP contribution in [0.2, 0.25) is 0 Å². The summed E-state index contributed by atoms with van der Waals surface area (Å²) in [6.07, 6.45) is 4.83. The second-order valence-corrected chi connectivity index (χ2v) is 24.0. The Morgan fingerprint density at radius 3 is 2.10 bits per heavy atom. The van der Waals surface area contributed by atoms with E-state index in [9.17, 15) is 0 Å². The van der Waals surface area contributed by atoms with Gasteiger partial charge in [0.1, 0.15) is 11.2 Å². The molecular weight excluding hydrogens is 826 g/mol. The molecule has 2 unspecified atom stereocenters. The van der Waals surface area contributed by atoms with E-state index in [-0.39, 0.29) is 33.9 Å². The van der Waals surface area contributed by atoms with Crippen molar-refractivity contribution in [1.29, 1.82) is 0 Å². The van der Waals surface area contributed by atoms with Gasteiger partial charge < -0.3 is 18.8 Å². The fraction of sp³-hybridized carbons (Fsp3) is 0.302. The zero-order valence-electron chi connectivity index (χ0n) is 41.4. The smallest absolute Gasteiger partial charge is 0.252 e. The van der Waals surface area contributed by atoms with Crippen LogP contribution in [0.15, 0.2) is 138 Å². The highest BCUT2D eigenvalue weighted by Gasteiger charge is 2.58. The first kappa shape index (κ1) is 40.6. The van der Waals surface area contributed by atoms with Crippen LogP contribution in [0.25, 0.3) is 49.7 Å². The summed E-state index contributed by atoms with van der Waals surface area (Å²) in [7, 11) is 0. The summed E-state index contributed by atoms with van der Waals surface area (Å²) >= 11 is 0. The number of hydrogen-bond acceptors (Lipinski definition) is 3. The van der Waals surface area contributed by atoms with Crippen molar-refractivity contribution in [3.63, 3.8) is 0 Å². The lowest BCUT2D eigenvalue weighted by molar-refractivity contribution is 0.195. The Balaban J connectivity index is 1.11. The van der Waals surface area contributed by atoms with Gasteiger partial charge in [-0.3, -0.25) is 0 Å². The number of para-hydroxylation sites is 2. The lowest BCUT2D eigenvalue weighted by Gasteiger charge is -2.50. The summed E-state index contributed by atoms with van der Waals surface area (Å²) in [6, 6.07) is 51.8. The number of furan rings is 1. The third-order valence-corrected chi connectivity index (χ3v) is 18.0. The van der Waals surface area contributed by atoms with E-state index in [1.165, 1.54) is 114 Å². The molecule has 1 saturated carbocycles. The summed E-state index contributed by atoms with van der Waals surface area (Å²) in [4.78, 5) is 5.44. The molecule has 2 aliphatic carbocycles. The molecule has 1 fully saturated rings. The predicted octanol–water partition coefficient (Wildman–Crippen LogP) is 14.8.